The highest BCUT2D eigenvalue weighted by Gasteiger charge is 2.23. The Bertz CT molecular complexity index is 183. The van der Waals surface area contributed by atoms with E-state index in [-0.39, 0.29) is 0 Å². The molecule has 0 radical (unpaired) electrons. The van der Waals surface area contributed by atoms with Crippen LogP contribution in [0, 0.1) is 5.92 Å². The van der Waals surface area contributed by atoms with Crippen LogP contribution < -0.4 is 5.32 Å². The number of methoxy groups -OCH3 is 1. The molecule has 1 saturated carbocycles. The normalized spacial score (nSPS) is 20.1. The number of nitrogens with one attached hydrogen (secondary N) is 1. The van der Waals surface area contributed by atoms with Crippen LogP contribution in [-0.2, 0) is 4.74 Å². The van der Waals surface area contributed by atoms with E-state index in [1.54, 1.807) is 7.11 Å². The van der Waals surface area contributed by atoms with Gasteiger partial charge in [0, 0.05) is 32.3 Å². The van der Waals surface area contributed by atoms with Crippen molar-refractivity contribution in [1.82, 2.24) is 10.2 Å². The molecule has 2 atom stereocenters. The maximum absolute atomic E-state index is 5.31. The molecule has 1 rings (SSSR count). The molecule has 0 aromatic rings. The van der Waals surface area contributed by atoms with Crippen molar-refractivity contribution in [2.75, 3.05) is 33.9 Å². The fourth-order valence-electron chi connectivity index (χ4n) is 1.89. The quantitative estimate of drug-likeness (QED) is 0.650. The Kier molecular flexibility index (Phi) is 6.32. The molecule has 1 N–H and O–H groups in total. The van der Waals surface area contributed by atoms with Crippen molar-refractivity contribution in [1.29, 1.82) is 0 Å². The molecular weight excluding hydrogens is 200 g/mol. The Morgan fingerprint density at radius 1 is 1.44 bits per heavy atom. The third kappa shape index (κ3) is 5.28. The lowest BCUT2D eigenvalue weighted by molar-refractivity contribution is 0.0963. The molecule has 1 aliphatic carbocycles. The van der Waals surface area contributed by atoms with Gasteiger partial charge in [-0.2, -0.15) is 0 Å². The summed E-state index contributed by atoms with van der Waals surface area (Å²) in [5, 5.41) is 3.59. The Morgan fingerprint density at radius 2 is 2.12 bits per heavy atom. The van der Waals surface area contributed by atoms with Crippen LogP contribution in [-0.4, -0.2) is 50.8 Å². The molecule has 0 saturated heterocycles. The fourth-order valence-corrected chi connectivity index (χ4v) is 1.89. The van der Waals surface area contributed by atoms with Crippen molar-refractivity contribution in [3.63, 3.8) is 0 Å². The predicted octanol–water partition coefficient (Wildman–Crippen LogP) is 1.73. The first-order valence-electron chi connectivity index (χ1n) is 6.59. The molecule has 3 heteroatoms. The third-order valence-electron chi connectivity index (χ3n) is 3.50. The summed E-state index contributed by atoms with van der Waals surface area (Å²) in [7, 11) is 4.01. The Hall–Kier alpha value is -0.120. The highest BCUT2D eigenvalue weighted by Crippen LogP contribution is 2.18. The van der Waals surface area contributed by atoms with Crippen molar-refractivity contribution in [3.05, 3.63) is 0 Å². The van der Waals surface area contributed by atoms with Crippen LogP contribution >= 0.6 is 0 Å². The van der Waals surface area contributed by atoms with Gasteiger partial charge >= 0.3 is 0 Å². The molecule has 0 amide bonds. The standard InChI is InChI=1S/C13H28N2O/c1-5-11(2)9-15(3)13(10-16-4)8-14-12-6-7-12/h11-14H,5-10H2,1-4H3. The maximum Gasteiger partial charge on any atom is 0.0630 e. The van der Waals surface area contributed by atoms with Crippen molar-refractivity contribution in [3.8, 4) is 0 Å². The topological polar surface area (TPSA) is 24.5 Å². The number of hydrogen-bond acceptors (Lipinski definition) is 3. The SMILES string of the molecule is CCC(C)CN(C)C(CNC1CC1)COC. The van der Waals surface area contributed by atoms with Gasteiger partial charge in [0.2, 0.25) is 0 Å². The summed E-state index contributed by atoms with van der Waals surface area (Å²) >= 11 is 0. The van der Waals surface area contributed by atoms with Crippen LogP contribution in [0.1, 0.15) is 33.1 Å². The molecule has 0 bridgehead atoms. The van der Waals surface area contributed by atoms with E-state index in [1.807, 2.05) is 0 Å². The molecule has 1 fully saturated rings. The van der Waals surface area contributed by atoms with Gasteiger partial charge in [0.05, 0.1) is 6.61 Å². The second-order valence-corrected chi connectivity index (χ2v) is 5.24. The molecular formula is C13H28N2O. The van der Waals surface area contributed by atoms with Crippen LogP contribution in [0.2, 0.25) is 0 Å². The summed E-state index contributed by atoms with van der Waals surface area (Å²) < 4.78 is 5.31. The number of ether oxygens (including phenoxy) is 1. The lowest BCUT2D eigenvalue weighted by Gasteiger charge is -2.29. The average Bonchev–Trinajstić information content (AvgIpc) is 3.07. The largest absolute Gasteiger partial charge is 0.383 e. The van der Waals surface area contributed by atoms with Gasteiger partial charge in [-0.25, -0.2) is 0 Å². The zero-order valence-corrected chi connectivity index (χ0v) is 11.3. The maximum atomic E-state index is 5.31. The molecule has 0 heterocycles. The predicted molar refractivity (Wildman–Crippen MR) is 68.8 cm³/mol. The highest BCUT2D eigenvalue weighted by atomic mass is 16.5. The first kappa shape index (κ1) is 13.9. The minimum absolute atomic E-state index is 0.514. The van der Waals surface area contributed by atoms with Crippen molar-refractivity contribution in [2.24, 2.45) is 5.92 Å². The summed E-state index contributed by atoms with van der Waals surface area (Å²) in [6.07, 6.45) is 3.96. The summed E-state index contributed by atoms with van der Waals surface area (Å²) in [5.41, 5.74) is 0. The zero-order valence-electron chi connectivity index (χ0n) is 11.3. The number of hydrogen-bond donors (Lipinski definition) is 1. The third-order valence-corrected chi connectivity index (χ3v) is 3.50. The van der Waals surface area contributed by atoms with E-state index in [0.717, 1.165) is 31.7 Å². The van der Waals surface area contributed by atoms with Gasteiger partial charge in [-0.15, -0.1) is 0 Å². The van der Waals surface area contributed by atoms with Gasteiger partial charge in [0.15, 0.2) is 0 Å². The van der Waals surface area contributed by atoms with Gasteiger partial charge in [-0.3, -0.25) is 4.90 Å². The van der Waals surface area contributed by atoms with Gasteiger partial charge in [-0.05, 0) is 25.8 Å². The molecule has 3 nitrogen and oxygen atoms in total. The zero-order chi connectivity index (χ0) is 12.0. The summed E-state index contributed by atoms with van der Waals surface area (Å²) in [6.45, 7) is 7.62. The van der Waals surface area contributed by atoms with E-state index in [2.05, 4.69) is 31.1 Å². The molecule has 1 aliphatic rings. The molecule has 2 unspecified atom stereocenters. The molecule has 96 valence electrons. The Balaban J connectivity index is 2.27. The van der Waals surface area contributed by atoms with Crippen LogP contribution in [0.4, 0.5) is 0 Å². The van der Waals surface area contributed by atoms with E-state index in [9.17, 15) is 0 Å². The van der Waals surface area contributed by atoms with Crippen molar-refractivity contribution < 1.29 is 4.74 Å². The van der Waals surface area contributed by atoms with E-state index in [4.69, 9.17) is 4.74 Å². The molecule has 0 aromatic heterocycles. The minimum Gasteiger partial charge on any atom is -0.383 e. The molecule has 0 aromatic carbocycles. The van der Waals surface area contributed by atoms with Gasteiger partial charge in [0.1, 0.15) is 0 Å². The second-order valence-electron chi connectivity index (χ2n) is 5.24. The average molecular weight is 228 g/mol. The minimum atomic E-state index is 0.514. The monoisotopic (exact) mass is 228 g/mol. The van der Waals surface area contributed by atoms with Crippen LogP contribution in [0.25, 0.3) is 0 Å². The first-order chi connectivity index (χ1) is 7.67. The lowest BCUT2D eigenvalue weighted by atomic mass is 10.1. The van der Waals surface area contributed by atoms with Crippen LogP contribution in [0.15, 0.2) is 0 Å². The smallest absolute Gasteiger partial charge is 0.0630 e. The van der Waals surface area contributed by atoms with Crippen LogP contribution in [0.3, 0.4) is 0 Å². The van der Waals surface area contributed by atoms with E-state index in [0.29, 0.717) is 6.04 Å². The van der Waals surface area contributed by atoms with E-state index < -0.39 is 0 Å². The summed E-state index contributed by atoms with van der Waals surface area (Å²) in [6, 6.07) is 1.30. The van der Waals surface area contributed by atoms with Crippen molar-refractivity contribution >= 4 is 0 Å². The van der Waals surface area contributed by atoms with Crippen LogP contribution in [0.5, 0.6) is 0 Å². The number of nitrogens with zero attached hydrogens (tertiary/aromatic N) is 1. The Labute approximate surface area is 101 Å². The molecule has 0 aliphatic heterocycles. The summed E-state index contributed by atoms with van der Waals surface area (Å²) in [5.74, 6) is 0.769. The second kappa shape index (κ2) is 7.25. The fraction of sp³-hybridized carbons (Fsp3) is 1.00. The number of rotatable bonds is 9. The van der Waals surface area contributed by atoms with E-state index in [1.165, 1.54) is 19.3 Å². The molecule has 0 spiro atoms. The molecule has 16 heavy (non-hydrogen) atoms. The highest BCUT2D eigenvalue weighted by molar-refractivity contribution is 4.83. The lowest BCUT2D eigenvalue weighted by Crippen LogP contribution is -2.45. The van der Waals surface area contributed by atoms with Gasteiger partial charge in [-0.1, -0.05) is 20.3 Å². The van der Waals surface area contributed by atoms with Gasteiger partial charge in [0.25, 0.3) is 0 Å². The number of likely N-dealkylation sites (N-methyl/N-ethyl adjacent to an activating group) is 1. The Morgan fingerprint density at radius 3 is 2.62 bits per heavy atom. The van der Waals surface area contributed by atoms with E-state index >= 15 is 0 Å². The van der Waals surface area contributed by atoms with Crippen molar-refractivity contribution in [2.45, 2.75) is 45.2 Å². The van der Waals surface area contributed by atoms with Gasteiger partial charge < -0.3 is 10.1 Å². The first-order valence-corrected chi connectivity index (χ1v) is 6.59. The summed E-state index contributed by atoms with van der Waals surface area (Å²) in [4.78, 5) is 2.44.